The number of carbonyl (C=O) groups excluding carboxylic acids is 1. The Morgan fingerprint density at radius 1 is 1.19 bits per heavy atom. The normalized spacial score (nSPS) is 11.3. The van der Waals surface area contributed by atoms with Crippen molar-refractivity contribution in [3.63, 3.8) is 0 Å². The number of ether oxygens (including phenoxy) is 2. The number of alkyl halides is 2. The molecule has 0 atom stereocenters. The number of amides is 1. The molecular formula is C23H20F2N8O4. The number of aliphatic hydroxyl groups is 1. The van der Waals surface area contributed by atoms with E-state index in [0.29, 0.717) is 11.4 Å². The van der Waals surface area contributed by atoms with Crippen LogP contribution in [0.4, 0.5) is 14.5 Å². The van der Waals surface area contributed by atoms with E-state index in [1.807, 2.05) is 0 Å². The summed E-state index contributed by atoms with van der Waals surface area (Å²) in [6, 6.07) is 5.93. The number of nitrogens with one attached hydrogen (secondary N) is 1. The van der Waals surface area contributed by atoms with Crippen LogP contribution >= 0.6 is 0 Å². The number of hydrogen-bond acceptors (Lipinski definition) is 8. The molecule has 0 saturated carbocycles. The zero-order valence-electron chi connectivity index (χ0n) is 19.3. The molecular weight excluding hydrogens is 490 g/mol. The SMILES string of the molecule is Cn1cc(NC(=O)c2cnn3cccnc23)c(-c2cc(Oc3cnn(CCO)c3)ccc2OC(F)F)n1. The molecule has 2 N–H and O–H groups in total. The van der Waals surface area contributed by atoms with Gasteiger partial charge in [0.2, 0.25) is 0 Å². The zero-order valence-corrected chi connectivity index (χ0v) is 19.3. The Bertz CT molecular complexity index is 1560. The van der Waals surface area contributed by atoms with Crippen LogP contribution in [0.15, 0.2) is 61.4 Å². The second-order valence-electron chi connectivity index (χ2n) is 7.77. The van der Waals surface area contributed by atoms with Gasteiger partial charge in [0.25, 0.3) is 5.91 Å². The molecule has 190 valence electrons. The molecule has 1 amide bonds. The van der Waals surface area contributed by atoms with Crippen molar-refractivity contribution in [1.29, 1.82) is 0 Å². The minimum absolute atomic E-state index is 0.0928. The predicted octanol–water partition coefficient (Wildman–Crippen LogP) is 2.96. The maximum Gasteiger partial charge on any atom is 0.387 e. The Kier molecular flexibility index (Phi) is 6.47. The van der Waals surface area contributed by atoms with Gasteiger partial charge in [-0.05, 0) is 24.3 Å². The first-order valence-electron chi connectivity index (χ1n) is 10.9. The average Bonchev–Trinajstić information content (AvgIpc) is 3.58. The molecule has 4 aromatic heterocycles. The van der Waals surface area contributed by atoms with Gasteiger partial charge in [0.15, 0.2) is 11.4 Å². The Balaban J connectivity index is 1.49. The Morgan fingerprint density at radius 2 is 2.05 bits per heavy atom. The Labute approximate surface area is 207 Å². The number of nitrogens with zero attached hydrogens (tertiary/aromatic N) is 7. The third kappa shape index (κ3) is 5.08. The van der Waals surface area contributed by atoms with Gasteiger partial charge in [-0.25, -0.2) is 9.50 Å². The van der Waals surface area contributed by atoms with Gasteiger partial charge < -0.3 is 19.9 Å². The molecule has 12 nitrogen and oxygen atoms in total. The number of halogens is 2. The fourth-order valence-electron chi connectivity index (χ4n) is 3.67. The van der Waals surface area contributed by atoms with Gasteiger partial charge in [-0.3, -0.25) is 14.2 Å². The number of rotatable bonds is 9. The summed E-state index contributed by atoms with van der Waals surface area (Å²) in [7, 11) is 1.62. The van der Waals surface area contributed by atoms with Gasteiger partial charge >= 0.3 is 6.61 Å². The van der Waals surface area contributed by atoms with Gasteiger partial charge in [0, 0.05) is 25.6 Å². The third-order valence-corrected chi connectivity index (χ3v) is 5.20. The van der Waals surface area contributed by atoms with E-state index in [0.717, 1.165) is 0 Å². The molecule has 1 aromatic carbocycles. The van der Waals surface area contributed by atoms with Gasteiger partial charge in [-0.15, -0.1) is 0 Å². The molecule has 4 heterocycles. The highest BCUT2D eigenvalue weighted by atomic mass is 19.3. The van der Waals surface area contributed by atoms with Crippen LogP contribution in [0.2, 0.25) is 0 Å². The van der Waals surface area contributed by atoms with Crippen molar-refractivity contribution in [2.24, 2.45) is 7.05 Å². The van der Waals surface area contributed by atoms with Crippen LogP contribution in [0.1, 0.15) is 10.4 Å². The molecule has 0 radical (unpaired) electrons. The molecule has 0 bridgehead atoms. The van der Waals surface area contributed by atoms with Crippen LogP contribution in [0.3, 0.4) is 0 Å². The lowest BCUT2D eigenvalue weighted by Crippen LogP contribution is -2.12. The van der Waals surface area contributed by atoms with Crippen molar-refractivity contribution < 1.29 is 28.2 Å². The van der Waals surface area contributed by atoms with Crippen molar-refractivity contribution in [3.8, 4) is 28.5 Å². The first kappa shape index (κ1) is 23.9. The Hall–Kier alpha value is -4.85. The highest BCUT2D eigenvalue weighted by Crippen LogP contribution is 2.38. The predicted molar refractivity (Wildman–Crippen MR) is 126 cm³/mol. The largest absolute Gasteiger partial charge is 0.454 e. The summed E-state index contributed by atoms with van der Waals surface area (Å²) < 4.78 is 41.3. The van der Waals surface area contributed by atoms with Gasteiger partial charge in [-0.2, -0.15) is 24.1 Å². The van der Waals surface area contributed by atoms with Gasteiger partial charge in [0.05, 0.1) is 43.0 Å². The van der Waals surface area contributed by atoms with E-state index in [-0.39, 0.29) is 47.2 Å². The lowest BCUT2D eigenvalue weighted by molar-refractivity contribution is -0.0494. The zero-order chi connectivity index (χ0) is 25.9. The summed E-state index contributed by atoms with van der Waals surface area (Å²) in [6.07, 6.45) is 9.14. The molecule has 5 rings (SSSR count). The molecule has 0 aliphatic carbocycles. The number of aryl methyl sites for hydroxylation is 1. The summed E-state index contributed by atoms with van der Waals surface area (Å²) in [4.78, 5) is 17.2. The number of anilines is 1. The van der Waals surface area contributed by atoms with E-state index in [1.165, 1.54) is 56.9 Å². The minimum Gasteiger partial charge on any atom is -0.454 e. The number of hydrogen-bond donors (Lipinski definition) is 2. The van der Waals surface area contributed by atoms with Crippen LogP contribution < -0.4 is 14.8 Å². The van der Waals surface area contributed by atoms with Crippen LogP contribution in [-0.4, -0.2) is 58.4 Å². The second-order valence-corrected chi connectivity index (χ2v) is 7.77. The van der Waals surface area contributed by atoms with E-state index in [4.69, 9.17) is 14.6 Å². The van der Waals surface area contributed by atoms with E-state index < -0.39 is 12.5 Å². The standard InChI is InChI=1S/C23H20F2N8O4/c1-31-13-18(29-22(35)17-11-28-33-6-2-5-26-21(17)33)20(30-31)16-9-14(3-4-19(16)37-23(24)25)36-15-10-27-32(12-15)7-8-34/h2-6,9-13,23,34H,7-8H2,1H3,(H,29,35). The van der Waals surface area contributed by atoms with Crippen molar-refractivity contribution in [3.05, 3.63) is 67.0 Å². The monoisotopic (exact) mass is 510 g/mol. The number of fused-ring (bicyclic) bond motifs is 1. The molecule has 37 heavy (non-hydrogen) atoms. The number of carbonyl (C=O) groups is 1. The first-order chi connectivity index (χ1) is 17.9. The Morgan fingerprint density at radius 3 is 2.86 bits per heavy atom. The summed E-state index contributed by atoms with van der Waals surface area (Å²) in [6.45, 7) is -2.90. The maximum atomic E-state index is 13.2. The van der Waals surface area contributed by atoms with Crippen molar-refractivity contribution >= 4 is 17.2 Å². The van der Waals surface area contributed by atoms with Crippen LogP contribution in [0.5, 0.6) is 17.2 Å². The fourth-order valence-corrected chi connectivity index (χ4v) is 3.67. The van der Waals surface area contributed by atoms with Gasteiger partial charge in [-0.1, -0.05) is 0 Å². The van der Waals surface area contributed by atoms with Gasteiger partial charge in [0.1, 0.15) is 22.8 Å². The minimum atomic E-state index is -3.09. The van der Waals surface area contributed by atoms with E-state index in [9.17, 15) is 13.6 Å². The molecule has 0 aliphatic heterocycles. The molecule has 0 fully saturated rings. The highest BCUT2D eigenvalue weighted by molar-refractivity contribution is 6.09. The van der Waals surface area contributed by atoms with Crippen molar-refractivity contribution in [1.82, 2.24) is 34.2 Å². The van der Waals surface area contributed by atoms with E-state index in [1.54, 1.807) is 25.5 Å². The average molecular weight is 510 g/mol. The highest BCUT2D eigenvalue weighted by Gasteiger charge is 2.22. The summed E-state index contributed by atoms with van der Waals surface area (Å²) in [5.41, 5.74) is 1.15. The molecule has 0 aliphatic rings. The number of aliphatic hydroxyl groups excluding tert-OH is 1. The molecule has 0 saturated heterocycles. The van der Waals surface area contributed by atoms with Crippen LogP contribution in [0.25, 0.3) is 16.9 Å². The lowest BCUT2D eigenvalue weighted by Gasteiger charge is -2.13. The molecule has 0 spiro atoms. The van der Waals surface area contributed by atoms with Crippen molar-refractivity contribution in [2.45, 2.75) is 13.2 Å². The second kappa shape index (κ2) is 10.0. The first-order valence-corrected chi connectivity index (χ1v) is 10.9. The fraction of sp³-hybridized carbons (Fsp3) is 0.174. The quantitative estimate of drug-likeness (QED) is 0.309. The molecule has 14 heteroatoms. The summed E-state index contributed by atoms with van der Waals surface area (Å²) in [5.74, 6) is -0.0138. The van der Waals surface area contributed by atoms with Crippen LogP contribution in [-0.2, 0) is 13.6 Å². The number of benzene rings is 1. The summed E-state index contributed by atoms with van der Waals surface area (Å²) in [5, 5.41) is 24.4. The lowest BCUT2D eigenvalue weighted by atomic mass is 10.1. The summed E-state index contributed by atoms with van der Waals surface area (Å²) >= 11 is 0. The van der Waals surface area contributed by atoms with E-state index >= 15 is 0 Å². The molecule has 0 unspecified atom stereocenters. The number of aromatic nitrogens is 7. The molecule has 5 aromatic rings. The smallest absolute Gasteiger partial charge is 0.387 e. The van der Waals surface area contributed by atoms with Crippen molar-refractivity contribution in [2.75, 3.05) is 11.9 Å². The third-order valence-electron chi connectivity index (χ3n) is 5.20. The van der Waals surface area contributed by atoms with Crippen LogP contribution in [0, 0.1) is 0 Å². The van der Waals surface area contributed by atoms with E-state index in [2.05, 4.69) is 25.6 Å². The maximum absolute atomic E-state index is 13.2. The topological polar surface area (TPSA) is 134 Å².